The summed E-state index contributed by atoms with van der Waals surface area (Å²) in [6.07, 6.45) is 0. The van der Waals surface area contributed by atoms with E-state index in [1.165, 1.54) is 43.6 Å². The first-order valence-corrected chi connectivity index (χ1v) is 13.3. The van der Waals surface area contributed by atoms with Gasteiger partial charge in [-0.25, -0.2) is 0 Å². The van der Waals surface area contributed by atoms with Crippen LogP contribution in [0.2, 0.25) is 0 Å². The average Bonchev–Trinajstić information content (AvgIpc) is 3.53. The average molecular weight is 500 g/mol. The van der Waals surface area contributed by atoms with E-state index in [0.29, 0.717) is 0 Å². The summed E-state index contributed by atoms with van der Waals surface area (Å²) in [6.45, 7) is 0. The number of benzene rings is 6. The van der Waals surface area contributed by atoms with Crippen molar-refractivity contribution < 1.29 is 0 Å². The number of hydrogen-bond donors (Lipinski definition) is 1. The van der Waals surface area contributed by atoms with E-state index in [1.54, 1.807) is 0 Å². The second-order valence-corrected chi connectivity index (χ2v) is 9.90. The minimum Gasteiger partial charge on any atom is -0.352 e. The van der Waals surface area contributed by atoms with Gasteiger partial charge < -0.3 is 14.5 Å². The van der Waals surface area contributed by atoms with Crippen LogP contribution >= 0.6 is 0 Å². The molecule has 3 heteroatoms. The summed E-state index contributed by atoms with van der Waals surface area (Å²) in [5.74, 6) is 0. The van der Waals surface area contributed by atoms with Gasteiger partial charge in [0, 0.05) is 32.9 Å². The van der Waals surface area contributed by atoms with E-state index >= 15 is 0 Å². The summed E-state index contributed by atoms with van der Waals surface area (Å²) in [5, 5.41) is 8.85. The summed E-state index contributed by atoms with van der Waals surface area (Å²) in [4.78, 5) is 0. The molecule has 8 rings (SSSR count). The molecule has 0 atom stereocenters. The van der Waals surface area contributed by atoms with Crippen molar-refractivity contribution >= 4 is 55.0 Å². The largest absolute Gasteiger partial charge is 0.352 e. The number of nitrogens with one attached hydrogen (secondary N) is 1. The zero-order chi connectivity index (χ0) is 25.8. The standard InChI is InChI=1S/C36H25N3/c1-3-13-25(14-4-1)38-33-23-9-7-17-27(33)29-19-11-21-31(35(29)38)37-32-22-12-20-30-28-18-8-10-24-34(28)39(36(30)32)26-15-5-2-6-16-26/h1-24,37H. The molecule has 184 valence electrons. The lowest BCUT2D eigenvalue weighted by Gasteiger charge is -2.15. The number of rotatable bonds is 4. The Labute approximate surface area is 226 Å². The first-order chi connectivity index (χ1) is 19.4. The second-order valence-electron chi connectivity index (χ2n) is 9.90. The minimum absolute atomic E-state index is 1.07. The van der Waals surface area contributed by atoms with E-state index in [2.05, 4.69) is 160 Å². The topological polar surface area (TPSA) is 21.9 Å². The van der Waals surface area contributed by atoms with Crippen molar-refractivity contribution in [2.45, 2.75) is 0 Å². The fourth-order valence-corrected chi connectivity index (χ4v) is 6.07. The van der Waals surface area contributed by atoms with E-state index in [4.69, 9.17) is 0 Å². The smallest absolute Gasteiger partial charge is 0.0776 e. The van der Waals surface area contributed by atoms with Gasteiger partial charge in [-0.3, -0.25) is 0 Å². The van der Waals surface area contributed by atoms with Crippen LogP contribution in [0.25, 0.3) is 55.0 Å². The third kappa shape index (κ3) is 3.30. The fourth-order valence-electron chi connectivity index (χ4n) is 6.07. The Morgan fingerprint density at radius 2 is 0.718 bits per heavy atom. The van der Waals surface area contributed by atoms with Gasteiger partial charge in [-0.1, -0.05) is 97.1 Å². The normalized spacial score (nSPS) is 11.6. The van der Waals surface area contributed by atoms with Crippen LogP contribution in [-0.2, 0) is 0 Å². The molecule has 2 aromatic heterocycles. The lowest BCUT2D eigenvalue weighted by atomic mass is 10.1. The van der Waals surface area contributed by atoms with Crippen molar-refractivity contribution in [1.82, 2.24) is 9.13 Å². The molecule has 0 saturated carbocycles. The maximum atomic E-state index is 3.89. The van der Waals surface area contributed by atoms with Gasteiger partial charge in [-0.15, -0.1) is 0 Å². The Bertz CT molecular complexity index is 1980. The van der Waals surface area contributed by atoms with E-state index < -0.39 is 0 Å². The SMILES string of the molecule is c1ccc(-n2c3ccccc3c3cccc(Nc4cccc5c6ccccc6n(-c6ccccc6)c45)c32)cc1. The molecule has 8 aromatic rings. The third-order valence-electron chi connectivity index (χ3n) is 7.69. The van der Waals surface area contributed by atoms with Gasteiger partial charge in [-0.2, -0.15) is 0 Å². The molecule has 0 aliphatic heterocycles. The maximum absolute atomic E-state index is 3.89. The minimum atomic E-state index is 1.07. The predicted molar refractivity (Wildman–Crippen MR) is 165 cm³/mol. The van der Waals surface area contributed by atoms with Crippen LogP contribution in [0.5, 0.6) is 0 Å². The van der Waals surface area contributed by atoms with Gasteiger partial charge >= 0.3 is 0 Å². The van der Waals surface area contributed by atoms with Gasteiger partial charge in [0.2, 0.25) is 0 Å². The molecule has 0 bridgehead atoms. The highest BCUT2D eigenvalue weighted by Crippen LogP contribution is 2.40. The zero-order valence-electron chi connectivity index (χ0n) is 21.3. The van der Waals surface area contributed by atoms with Crippen LogP contribution < -0.4 is 5.32 Å². The molecule has 0 aliphatic rings. The van der Waals surface area contributed by atoms with Crippen molar-refractivity contribution in [1.29, 1.82) is 0 Å². The number of nitrogens with zero attached hydrogens (tertiary/aromatic N) is 2. The first kappa shape index (κ1) is 21.8. The number of hydrogen-bond acceptors (Lipinski definition) is 1. The van der Waals surface area contributed by atoms with E-state index in [9.17, 15) is 0 Å². The van der Waals surface area contributed by atoms with Gasteiger partial charge in [0.15, 0.2) is 0 Å². The monoisotopic (exact) mass is 499 g/mol. The molecule has 1 N–H and O–H groups in total. The molecule has 0 amide bonds. The van der Waals surface area contributed by atoms with Crippen LogP contribution in [0.3, 0.4) is 0 Å². The van der Waals surface area contributed by atoms with Crippen molar-refractivity contribution in [3.05, 3.63) is 146 Å². The van der Waals surface area contributed by atoms with Crippen LogP contribution in [0.1, 0.15) is 0 Å². The Kier molecular flexibility index (Phi) is 4.82. The van der Waals surface area contributed by atoms with Gasteiger partial charge in [0.1, 0.15) is 0 Å². The molecular formula is C36H25N3. The zero-order valence-corrected chi connectivity index (χ0v) is 21.3. The van der Waals surface area contributed by atoms with Gasteiger partial charge in [0.25, 0.3) is 0 Å². The molecule has 0 fully saturated rings. The van der Waals surface area contributed by atoms with Gasteiger partial charge in [0.05, 0.1) is 33.4 Å². The lowest BCUT2D eigenvalue weighted by molar-refractivity contribution is 1.17. The van der Waals surface area contributed by atoms with Crippen LogP contribution in [0, 0.1) is 0 Å². The number of anilines is 2. The van der Waals surface area contributed by atoms with Gasteiger partial charge in [-0.05, 0) is 48.5 Å². The Morgan fingerprint density at radius 3 is 1.18 bits per heavy atom. The van der Waals surface area contributed by atoms with E-state index in [-0.39, 0.29) is 0 Å². The highest BCUT2D eigenvalue weighted by molar-refractivity contribution is 6.16. The van der Waals surface area contributed by atoms with E-state index in [0.717, 1.165) is 22.7 Å². The molecule has 0 unspecified atom stereocenters. The molecule has 3 nitrogen and oxygen atoms in total. The summed E-state index contributed by atoms with van der Waals surface area (Å²) in [7, 11) is 0. The Balaban J connectivity index is 1.43. The van der Waals surface area contributed by atoms with E-state index in [1.807, 2.05) is 0 Å². The third-order valence-corrected chi connectivity index (χ3v) is 7.69. The molecule has 0 radical (unpaired) electrons. The Morgan fingerprint density at radius 1 is 0.333 bits per heavy atom. The maximum Gasteiger partial charge on any atom is 0.0776 e. The summed E-state index contributed by atoms with van der Waals surface area (Å²) in [5.41, 5.74) is 9.18. The second kappa shape index (κ2) is 8.64. The van der Waals surface area contributed by atoms with Crippen molar-refractivity contribution in [2.24, 2.45) is 0 Å². The Hall–Kier alpha value is -5.28. The lowest BCUT2D eigenvalue weighted by Crippen LogP contribution is -2.00. The molecule has 0 aliphatic carbocycles. The van der Waals surface area contributed by atoms with Crippen molar-refractivity contribution in [3.8, 4) is 11.4 Å². The summed E-state index contributed by atoms with van der Waals surface area (Å²) in [6, 6.07) is 51.7. The molecule has 0 spiro atoms. The summed E-state index contributed by atoms with van der Waals surface area (Å²) >= 11 is 0. The number of para-hydroxylation sites is 6. The number of aromatic nitrogens is 2. The van der Waals surface area contributed by atoms with Crippen molar-refractivity contribution in [3.63, 3.8) is 0 Å². The predicted octanol–water partition coefficient (Wildman–Crippen LogP) is 9.62. The van der Waals surface area contributed by atoms with Crippen LogP contribution in [0.4, 0.5) is 11.4 Å². The molecular weight excluding hydrogens is 474 g/mol. The highest BCUT2D eigenvalue weighted by atomic mass is 15.0. The summed E-state index contributed by atoms with van der Waals surface area (Å²) < 4.78 is 4.75. The fraction of sp³-hybridized carbons (Fsp3) is 0. The first-order valence-electron chi connectivity index (χ1n) is 13.3. The molecule has 0 saturated heterocycles. The highest BCUT2D eigenvalue weighted by Gasteiger charge is 2.18. The van der Waals surface area contributed by atoms with Crippen molar-refractivity contribution in [2.75, 3.05) is 5.32 Å². The molecule has 2 heterocycles. The molecule has 6 aromatic carbocycles. The quantitative estimate of drug-likeness (QED) is 0.256. The number of fused-ring (bicyclic) bond motifs is 6. The van der Waals surface area contributed by atoms with Crippen LogP contribution in [0.15, 0.2) is 146 Å². The van der Waals surface area contributed by atoms with Crippen LogP contribution in [-0.4, -0.2) is 9.13 Å². The molecule has 39 heavy (non-hydrogen) atoms.